The molecule has 0 radical (unpaired) electrons. The molecule has 0 heterocycles. The summed E-state index contributed by atoms with van der Waals surface area (Å²) in [5.74, 6) is 0.658. The summed E-state index contributed by atoms with van der Waals surface area (Å²) >= 11 is 0. The molecule has 0 aliphatic carbocycles. The molecule has 0 aromatic heterocycles. The van der Waals surface area contributed by atoms with Gasteiger partial charge in [0.1, 0.15) is 0 Å². The molecule has 0 fully saturated rings. The van der Waals surface area contributed by atoms with E-state index < -0.39 is 0 Å². The molecule has 0 aromatic rings. The van der Waals surface area contributed by atoms with Crippen molar-refractivity contribution in [1.82, 2.24) is 0 Å². The van der Waals surface area contributed by atoms with Crippen molar-refractivity contribution >= 4 is 5.97 Å². The number of carbonyl (C=O) groups is 1. The summed E-state index contributed by atoms with van der Waals surface area (Å²) in [4.78, 5) is 13.1. The molecule has 0 aliphatic rings. The van der Waals surface area contributed by atoms with Crippen LogP contribution in [0, 0.1) is 11.8 Å². The molecule has 0 amide bonds. The second kappa shape index (κ2) is 36.7. The average Bonchev–Trinajstić information content (AvgIpc) is 3.03. The maximum absolute atomic E-state index is 13.1. The van der Waals surface area contributed by atoms with Gasteiger partial charge in [0.05, 0.1) is 12.5 Å². The lowest BCUT2D eigenvalue weighted by atomic mass is 9.85. The van der Waals surface area contributed by atoms with Gasteiger partial charge in [0.15, 0.2) is 0 Å². The molecule has 44 heavy (non-hydrogen) atoms. The Bertz CT molecular complexity index is 582. The van der Waals surface area contributed by atoms with Crippen molar-refractivity contribution in [3.8, 4) is 0 Å². The third-order valence-corrected chi connectivity index (χ3v) is 9.77. The standard InChI is InChI=1S/C42H82O2/c1-5-8-11-14-16-18-20-21-22-23-24-25-26-27-28-30-32-35-38-41(40(4)37-34-13-10-7-3)42(43)44-39-36-33-31-29-19-17-15-12-9-6-2/h21-22,40-41H,5-20,23-39H2,1-4H3. The lowest BCUT2D eigenvalue weighted by Gasteiger charge is -2.23. The second-order valence-corrected chi connectivity index (χ2v) is 14.2. The number of hydrogen-bond donors (Lipinski definition) is 0. The van der Waals surface area contributed by atoms with E-state index in [0.717, 1.165) is 12.8 Å². The van der Waals surface area contributed by atoms with Gasteiger partial charge in [0, 0.05) is 0 Å². The summed E-state index contributed by atoms with van der Waals surface area (Å²) in [6.07, 6.45) is 46.9. The fourth-order valence-electron chi connectivity index (χ4n) is 6.56. The van der Waals surface area contributed by atoms with Crippen LogP contribution >= 0.6 is 0 Å². The Kier molecular flexibility index (Phi) is 36.0. The van der Waals surface area contributed by atoms with E-state index in [4.69, 9.17) is 4.74 Å². The van der Waals surface area contributed by atoms with Gasteiger partial charge in [-0.05, 0) is 50.9 Å². The Morgan fingerprint density at radius 3 is 1.25 bits per heavy atom. The van der Waals surface area contributed by atoms with Crippen molar-refractivity contribution in [2.45, 2.75) is 233 Å². The minimum absolute atomic E-state index is 0.102. The van der Waals surface area contributed by atoms with Crippen molar-refractivity contribution in [2.24, 2.45) is 11.8 Å². The van der Waals surface area contributed by atoms with Crippen molar-refractivity contribution in [2.75, 3.05) is 6.61 Å². The zero-order valence-electron chi connectivity index (χ0n) is 31.0. The zero-order chi connectivity index (χ0) is 32.2. The van der Waals surface area contributed by atoms with Crippen LogP contribution in [0.25, 0.3) is 0 Å². The molecule has 0 aromatic carbocycles. The molecule has 262 valence electrons. The van der Waals surface area contributed by atoms with Gasteiger partial charge in [0.25, 0.3) is 0 Å². The number of ether oxygens (including phenoxy) is 1. The van der Waals surface area contributed by atoms with E-state index in [1.165, 1.54) is 193 Å². The molecule has 0 aliphatic heterocycles. The highest BCUT2D eigenvalue weighted by Crippen LogP contribution is 2.26. The summed E-state index contributed by atoms with van der Waals surface area (Å²) in [6, 6.07) is 0. The van der Waals surface area contributed by atoms with Gasteiger partial charge >= 0.3 is 5.97 Å². The zero-order valence-corrected chi connectivity index (χ0v) is 31.0. The predicted octanol–water partition coefficient (Wildman–Crippen LogP) is 14.9. The Balaban J connectivity index is 3.98. The third-order valence-electron chi connectivity index (χ3n) is 9.77. The Labute approximate surface area is 278 Å². The van der Waals surface area contributed by atoms with E-state index in [0.29, 0.717) is 12.5 Å². The summed E-state index contributed by atoms with van der Waals surface area (Å²) in [5.41, 5.74) is 0. The van der Waals surface area contributed by atoms with Crippen LogP contribution in [-0.2, 0) is 9.53 Å². The van der Waals surface area contributed by atoms with E-state index in [2.05, 4.69) is 39.8 Å². The minimum atomic E-state index is 0.102. The normalized spacial score (nSPS) is 13.1. The van der Waals surface area contributed by atoms with E-state index in [1.54, 1.807) is 0 Å². The lowest BCUT2D eigenvalue weighted by molar-refractivity contribution is -0.151. The highest BCUT2D eigenvalue weighted by molar-refractivity contribution is 5.72. The quantitative estimate of drug-likeness (QED) is 0.0396. The third kappa shape index (κ3) is 31.2. The van der Waals surface area contributed by atoms with Gasteiger partial charge in [-0.1, -0.05) is 200 Å². The predicted molar refractivity (Wildman–Crippen MR) is 198 cm³/mol. The average molecular weight is 619 g/mol. The Hall–Kier alpha value is -0.790. The van der Waals surface area contributed by atoms with Crippen molar-refractivity contribution in [1.29, 1.82) is 0 Å². The van der Waals surface area contributed by atoms with Gasteiger partial charge in [-0.3, -0.25) is 4.79 Å². The minimum Gasteiger partial charge on any atom is -0.465 e. The summed E-state index contributed by atoms with van der Waals surface area (Å²) in [6.45, 7) is 9.78. The smallest absolute Gasteiger partial charge is 0.309 e. The van der Waals surface area contributed by atoms with Crippen LogP contribution in [0.4, 0.5) is 0 Å². The van der Waals surface area contributed by atoms with Crippen molar-refractivity contribution in [3.05, 3.63) is 12.2 Å². The monoisotopic (exact) mass is 619 g/mol. The van der Waals surface area contributed by atoms with Gasteiger partial charge in [-0.25, -0.2) is 0 Å². The first-order valence-corrected chi connectivity index (χ1v) is 20.5. The fourth-order valence-corrected chi connectivity index (χ4v) is 6.56. The van der Waals surface area contributed by atoms with E-state index in [-0.39, 0.29) is 11.9 Å². The van der Waals surface area contributed by atoms with E-state index in [9.17, 15) is 4.79 Å². The molecule has 2 nitrogen and oxygen atoms in total. The Morgan fingerprint density at radius 1 is 0.455 bits per heavy atom. The first kappa shape index (κ1) is 43.2. The maximum Gasteiger partial charge on any atom is 0.309 e. The van der Waals surface area contributed by atoms with Gasteiger partial charge in [-0.2, -0.15) is 0 Å². The first-order chi connectivity index (χ1) is 21.7. The second-order valence-electron chi connectivity index (χ2n) is 14.2. The highest BCUT2D eigenvalue weighted by atomic mass is 16.5. The maximum atomic E-state index is 13.1. The van der Waals surface area contributed by atoms with Crippen LogP contribution in [0.1, 0.15) is 233 Å². The SMILES string of the molecule is CCCCCCCCC=CCCCCCCCCCCC(C(=O)OCCCCCCCCCCCC)C(C)CCCCCC. The van der Waals surface area contributed by atoms with Crippen molar-refractivity contribution in [3.63, 3.8) is 0 Å². The van der Waals surface area contributed by atoms with Gasteiger partial charge in [0.2, 0.25) is 0 Å². The number of carbonyl (C=O) groups excluding carboxylic acids is 1. The number of rotatable bonds is 36. The number of unbranched alkanes of at least 4 members (excludes halogenated alkanes) is 26. The molecule has 0 saturated heterocycles. The molecular formula is C42H82O2. The number of hydrogen-bond acceptors (Lipinski definition) is 2. The Morgan fingerprint density at radius 2 is 0.795 bits per heavy atom. The fraction of sp³-hybridized carbons (Fsp3) is 0.929. The lowest BCUT2D eigenvalue weighted by Crippen LogP contribution is -2.25. The number of allylic oxidation sites excluding steroid dienone is 2. The first-order valence-electron chi connectivity index (χ1n) is 20.5. The van der Waals surface area contributed by atoms with Crippen molar-refractivity contribution < 1.29 is 9.53 Å². The molecule has 2 atom stereocenters. The topological polar surface area (TPSA) is 26.3 Å². The molecule has 0 N–H and O–H groups in total. The molecule has 0 saturated carbocycles. The van der Waals surface area contributed by atoms with E-state index >= 15 is 0 Å². The molecule has 2 heteroatoms. The largest absolute Gasteiger partial charge is 0.465 e. The van der Waals surface area contributed by atoms with Crippen LogP contribution in [0.2, 0.25) is 0 Å². The van der Waals surface area contributed by atoms with Crippen LogP contribution in [0.5, 0.6) is 0 Å². The summed E-state index contributed by atoms with van der Waals surface area (Å²) in [5, 5.41) is 0. The van der Waals surface area contributed by atoms with Crippen LogP contribution < -0.4 is 0 Å². The summed E-state index contributed by atoms with van der Waals surface area (Å²) in [7, 11) is 0. The molecule has 2 unspecified atom stereocenters. The van der Waals surface area contributed by atoms with E-state index in [1.807, 2.05) is 0 Å². The molecular weight excluding hydrogens is 536 g/mol. The highest BCUT2D eigenvalue weighted by Gasteiger charge is 2.25. The van der Waals surface area contributed by atoms with Gasteiger partial charge < -0.3 is 4.74 Å². The summed E-state index contributed by atoms with van der Waals surface area (Å²) < 4.78 is 5.87. The molecule has 0 rings (SSSR count). The van der Waals surface area contributed by atoms with Crippen LogP contribution in [0.15, 0.2) is 12.2 Å². The number of esters is 1. The van der Waals surface area contributed by atoms with Crippen LogP contribution in [-0.4, -0.2) is 12.6 Å². The van der Waals surface area contributed by atoms with Crippen LogP contribution in [0.3, 0.4) is 0 Å². The van der Waals surface area contributed by atoms with Gasteiger partial charge in [-0.15, -0.1) is 0 Å². The molecule has 0 spiro atoms. The molecule has 0 bridgehead atoms.